The van der Waals surface area contributed by atoms with Crippen molar-refractivity contribution >= 4 is 0 Å². The lowest BCUT2D eigenvalue weighted by Crippen LogP contribution is -2.18. The van der Waals surface area contributed by atoms with Crippen LogP contribution in [-0.2, 0) is 6.54 Å². The maximum absolute atomic E-state index is 11.2. The largest absolute Gasteiger partial charge is 0.308 e. The van der Waals surface area contributed by atoms with Gasteiger partial charge < -0.3 is 4.57 Å². The van der Waals surface area contributed by atoms with Gasteiger partial charge in [-0.2, -0.15) is 0 Å². The molecule has 0 saturated heterocycles. The summed E-state index contributed by atoms with van der Waals surface area (Å²) in [5, 5.41) is 13.1. The molecule has 0 amide bonds. The molecule has 2 aromatic rings. The molecular weight excluding hydrogens is 170 g/mol. The fourth-order valence-electron chi connectivity index (χ4n) is 0.998. The molecule has 0 aliphatic rings. The minimum absolute atomic E-state index is 0.0705. The van der Waals surface area contributed by atoms with Crippen molar-refractivity contribution in [2.24, 2.45) is 0 Å². The summed E-state index contributed by atoms with van der Waals surface area (Å²) in [6.45, 7) is 0.368. The minimum atomic E-state index is -0.0705. The van der Waals surface area contributed by atoms with E-state index in [2.05, 4.69) is 20.6 Å². The Kier molecular flexibility index (Phi) is 1.87. The van der Waals surface area contributed by atoms with E-state index in [1.807, 2.05) is 0 Å². The maximum Gasteiger partial charge on any atom is 0.250 e. The summed E-state index contributed by atoms with van der Waals surface area (Å²) in [6, 6.07) is 4.96. The van der Waals surface area contributed by atoms with E-state index in [0.29, 0.717) is 12.4 Å². The zero-order chi connectivity index (χ0) is 9.10. The molecule has 1 N–H and O–H groups in total. The molecule has 6 nitrogen and oxygen atoms in total. The van der Waals surface area contributed by atoms with E-state index >= 15 is 0 Å². The van der Waals surface area contributed by atoms with Crippen LogP contribution in [0.1, 0.15) is 5.82 Å². The van der Waals surface area contributed by atoms with Crippen molar-refractivity contribution in [3.8, 4) is 0 Å². The number of aromatic amines is 1. The van der Waals surface area contributed by atoms with Gasteiger partial charge in [0.25, 0.3) is 5.56 Å². The standard InChI is InChI=1S/C7H7N5O/c13-7-3-1-2-4-12(7)5-6-8-10-11-9-6/h1-4H,5H2,(H,8,9,10,11). The van der Waals surface area contributed by atoms with Crippen LogP contribution >= 0.6 is 0 Å². The monoisotopic (exact) mass is 177 g/mol. The summed E-state index contributed by atoms with van der Waals surface area (Å²) < 4.78 is 1.52. The van der Waals surface area contributed by atoms with Crippen LogP contribution in [0.4, 0.5) is 0 Å². The van der Waals surface area contributed by atoms with Gasteiger partial charge in [0.15, 0.2) is 5.82 Å². The molecule has 2 rings (SSSR count). The average molecular weight is 177 g/mol. The summed E-state index contributed by atoms with van der Waals surface area (Å²) in [7, 11) is 0. The molecule has 0 aromatic carbocycles. The van der Waals surface area contributed by atoms with Crippen LogP contribution in [-0.4, -0.2) is 25.2 Å². The first-order chi connectivity index (χ1) is 6.36. The van der Waals surface area contributed by atoms with Crippen LogP contribution in [0, 0.1) is 0 Å². The molecule has 0 saturated carbocycles. The summed E-state index contributed by atoms with van der Waals surface area (Å²) >= 11 is 0. The first kappa shape index (κ1) is 7.66. The van der Waals surface area contributed by atoms with Gasteiger partial charge in [-0.25, -0.2) is 5.10 Å². The van der Waals surface area contributed by atoms with Gasteiger partial charge in [0, 0.05) is 12.3 Å². The normalized spacial score (nSPS) is 10.2. The van der Waals surface area contributed by atoms with Crippen molar-refractivity contribution in [1.82, 2.24) is 25.2 Å². The predicted octanol–water partition coefficient (Wildman–Crippen LogP) is -0.590. The summed E-state index contributed by atoms with van der Waals surface area (Å²) in [6.07, 6.45) is 1.69. The first-order valence-corrected chi connectivity index (χ1v) is 3.74. The maximum atomic E-state index is 11.2. The highest BCUT2D eigenvalue weighted by atomic mass is 16.1. The predicted molar refractivity (Wildman–Crippen MR) is 44.0 cm³/mol. The van der Waals surface area contributed by atoms with E-state index in [1.54, 1.807) is 18.3 Å². The van der Waals surface area contributed by atoms with E-state index in [9.17, 15) is 4.79 Å². The number of rotatable bonds is 2. The number of nitrogens with one attached hydrogen (secondary N) is 1. The lowest BCUT2D eigenvalue weighted by molar-refractivity contribution is 0.716. The quantitative estimate of drug-likeness (QED) is 0.665. The zero-order valence-electron chi connectivity index (χ0n) is 6.71. The Morgan fingerprint density at radius 1 is 1.46 bits per heavy atom. The van der Waals surface area contributed by atoms with Crippen molar-refractivity contribution < 1.29 is 0 Å². The van der Waals surface area contributed by atoms with Crippen molar-refractivity contribution in [2.45, 2.75) is 6.54 Å². The van der Waals surface area contributed by atoms with Gasteiger partial charge in [0.1, 0.15) is 0 Å². The molecule has 0 unspecified atom stereocenters. The molecule has 66 valence electrons. The molecular formula is C7H7N5O. The minimum Gasteiger partial charge on any atom is -0.308 e. The van der Waals surface area contributed by atoms with E-state index in [0.717, 1.165) is 0 Å². The van der Waals surface area contributed by atoms with Crippen LogP contribution in [0.3, 0.4) is 0 Å². The van der Waals surface area contributed by atoms with Crippen LogP contribution in [0.5, 0.6) is 0 Å². The molecule has 6 heteroatoms. The second-order valence-corrected chi connectivity index (χ2v) is 2.51. The van der Waals surface area contributed by atoms with Gasteiger partial charge in [-0.05, 0) is 16.5 Å². The van der Waals surface area contributed by atoms with Gasteiger partial charge in [0.05, 0.1) is 6.54 Å². The molecule has 0 bridgehead atoms. The van der Waals surface area contributed by atoms with Crippen molar-refractivity contribution in [2.75, 3.05) is 0 Å². The zero-order valence-corrected chi connectivity index (χ0v) is 6.71. The topological polar surface area (TPSA) is 76.5 Å². The van der Waals surface area contributed by atoms with Gasteiger partial charge in [-0.1, -0.05) is 6.07 Å². The smallest absolute Gasteiger partial charge is 0.250 e. The number of nitrogens with zero attached hydrogens (tertiary/aromatic N) is 4. The van der Waals surface area contributed by atoms with Crippen molar-refractivity contribution in [3.63, 3.8) is 0 Å². The Morgan fingerprint density at radius 2 is 2.38 bits per heavy atom. The van der Waals surface area contributed by atoms with Gasteiger partial charge >= 0.3 is 0 Å². The summed E-state index contributed by atoms with van der Waals surface area (Å²) in [4.78, 5) is 11.2. The number of hydrogen-bond donors (Lipinski definition) is 1. The number of aromatic nitrogens is 5. The highest BCUT2D eigenvalue weighted by molar-refractivity contribution is 4.95. The van der Waals surface area contributed by atoms with Gasteiger partial charge in [0.2, 0.25) is 0 Å². The molecule has 0 atom stereocenters. The fourth-order valence-corrected chi connectivity index (χ4v) is 0.998. The SMILES string of the molecule is O=c1ccccn1Cc1nnn[nH]1. The van der Waals surface area contributed by atoms with Crippen molar-refractivity contribution in [3.05, 3.63) is 40.6 Å². The summed E-state index contributed by atoms with van der Waals surface area (Å²) in [5.74, 6) is 0.563. The van der Waals surface area contributed by atoms with Crippen LogP contribution in [0.25, 0.3) is 0 Å². The molecule has 0 spiro atoms. The first-order valence-electron chi connectivity index (χ1n) is 3.74. The molecule has 0 radical (unpaired) electrons. The summed E-state index contributed by atoms with van der Waals surface area (Å²) in [5.41, 5.74) is -0.0705. The molecule has 0 aliphatic heterocycles. The van der Waals surface area contributed by atoms with Crippen LogP contribution < -0.4 is 5.56 Å². The van der Waals surface area contributed by atoms with Gasteiger partial charge in [-0.15, -0.1) is 5.10 Å². The third-order valence-corrected chi connectivity index (χ3v) is 1.61. The molecule has 2 aromatic heterocycles. The third kappa shape index (κ3) is 1.61. The Bertz CT molecular complexity index is 432. The second kappa shape index (κ2) is 3.18. The van der Waals surface area contributed by atoms with Crippen molar-refractivity contribution in [1.29, 1.82) is 0 Å². The van der Waals surface area contributed by atoms with E-state index in [1.165, 1.54) is 10.6 Å². The Labute approximate surface area is 73.2 Å². The second-order valence-electron chi connectivity index (χ2n) is 2.51. The molecule has 13 heavy (non-hydrogen) atoms. The van der Waals surface area contributed by atoms with E-state index < -0.39 is 0 Å². The van der Waals surface area contributed by atoms with Crippen LogP contribution in [0.15, 0.2) is 29.2 Å². The Hall–Kier alpha value is -1.98. The molecule has 0 aliphatic carbocycles. The number of tetrazole rings is 1. The number of pyridine rings is 1. The molecule has 2 heterocycles. The third-order valence-electron chi connectivity index (χ3n) is 1.61. The lowest BCUT2D eigenvalue weighted by atomic mass is 10.4. The Balaban J connectivity index is 2.29. The van der Waals surface area contributed by atoms with E-state index in [-0.39, 0.29) is 5.56 Å². The average Bonchev–Trinajstić information content (AvgIpc) is 2.61. The van der Waals surface area contributed by atoms with Gasteiger partial charge in [-0.3, -0.25) is 4.79 Å². The lowest BCUT2D eigenvalue weighted by Gasteiger charge is -1.99. The number of H-pyrrole nitrogens is 1. The number of hydrogen-bond acceptors (Lipinski definition) is 4. The fraction of sp³-hybridized carbons (Fsp3) is 0.143. The highest BCUT2D eigenvalue weighted by Crippen LogP contribution is 1.88. The molecule has 0 fully saturated rings. The van der Waals surface area contributed by atoms with Crippen LogP contribution in [0.2, 0.25) is 0 Å². The highest BCUT2D eigenvalue weighted by Gasteiger charge is 1.98. The van der Waals surface area contributed by atoms with E-state index in [4.69, 9.17) is 0 Å². The Morgan fingerprint density at radius 3 is 3.08 bits per heavy atom.